The first-order valence-electron chi connectivity index (χ1n) is 7.36. The number of benzene rings is 1. The Morgan fingerprint density at radius 2 is 2.35 bits per heavy atom. The molecule has 8 heteroatoms. The smallest absolute Gasteiger partial charge is 0.363 e. The number of carboxylic acids is 1. The molecular weight excluding hydrogens is 297 g/mol. The van der Waals surface area contributed by atoms with E-state index in [1.165, 1.54) is 6.07 Å². The number of hydrogen-bond donors (Lipinski definition) is 2. The summed E-state index contributed by atoms with van der Waals surface area (Å²) in [6.07, 6.45) is 6.06. The van der Waals surface area contributed by atoms with Gasteiger partial charge in [-0.1, -0.05) is 12.1 Å². The van der Waals surface area contributed by atoms with E-state index >= 15 is 0 Å². The molecule has 1 aromatic heterocycles. The quantitative estimate of drug-likeness (QED) is 0.779. The number of fused-ring (bicyclic) bond motifs is 1. The van der Waals surface area contributed by atoms with Gasteiger partial charge in [0.25, 0.3) is 0 Å². The van der Waals surface area contributed by atoms with Crippen molar-refractivity contribution < 1.29 is 19.3 Å². The lowest BCUT2D eigenvalue weighted by molar-refractivity contribution is -0.121. The summed E-state index contributed by atoms with van der Waals surface area (Å²) in [5.41, 5.74) is 0.962. The first kappa shape index (κ1) is 15.1. The molecule has 0 saturated carbocycles. The van der Waals surface area contributed by atoms with Crippen molar-refractivity contribution in [1.29, 1.82) is 0 Å². The van der Waals surface area contributed by atoms with Gasteiger partial charge in [-0.25, -0.2) is 9.78 Å². The van der Waals surface area contributed by atoms with Crippen LogP contribution in [0.2, 0.25) is 0 Å². The lowest BCUT2D eigenvalue weighted by atomic mass is 9.79. The highest BCUT2D eigenvalue weighted by atomic mass is 16.4. The fourth-order valence-corrected chi connectivity index (χ4v) is 2.63. The van der Waals surface area contributed by atoms with E-state index in [0.29, 0.717) is 25.1 Å². The Morgan fingerprint density at radius 3 is 3.09 bits per heavy atom. The summed E-state index contributed by atoms with van der Waals surface area (Å²) < 4.78 is 7.41. The largest absolute Gasteiger partial charge is 0.561 e. The van der Waals surface area contributed by atoms with Gasteiger partial charge in [-0.2, -0.15) is 0 Å². The lowest BCUT2D eigenvalue weighted by Gasteiger charge is -2.26. The number of rotatable bonds is 5. The number of aryl methyl sites for hydroxylation is 1. The fourth-order valence-electron chi connectivity index (χ4n) is 2.63. The zero-order valence-corrected chi connectivity index (χ0v) is 12.4. The lowest BCUT2D eigenvalue weighted by Crippen LogP contribution is -2.45. The molecule has 0 aliphatic carbocycles. The van der Waals surface area contributed by atoms with Gasteiger partial charge >= 0.3 is 13.5 Å². The molecule has 1 aliphatic heterocycles. The Labute approximate surface area is 133 Å². The molecule has 1 amide bonds. The number of carbonyl (C=O) groups is 2. The molecule has 0 spiro atoms. The van der Waals surface area contributed by atoms with Crippen molar-refractivity contribution in [2.75, 3.05) is 0 Å². The van der Waals surface area contributed by atoms with Gasteiger partial charge in [-0.3, -0.25) is 4.79 Å². The van der Waals surface area contributed by atoms with Crippen LogP contribution < -0.4 is 9.97 Å². The Balaban J connectivity index is 1.58. The summed E-state index contributed by atoms with van der Waals surface area (Å²) in [4.78, 5) is 27.1. The molecule has 1 atom stereocenters. The van der Waals surface area contributed by atoms with Crippen LogP contribution in [0.3, 0.4) is 0 Å². The third-order valence-electron chi connectivity index (χ3n) is 3.74. The second kappa shape index (κ2) is 6.56. The van der Waals surface area contributed by atoms with Crippen molar-refractivity contribution in [1.82, 2.24) is 14.9 Å². The first-order valence-corrected chi connectivity index (χ1v) is 7.36. The summed E-state index contributed by atoms with van der Waals surface area (Å²) in [7, 11) is 0.272. The highest BCUT2D eigenvalue weighted by Gasteiger charge is 2.26. The highest BCUT2D eigenvalue weighted by Crippen LogP contribution is 2.28. The molecule has 0 bridgehead atoms. The molecule has 2 heterocycles. The minimum atomic E-state index is -1.01. The van der Waals surface area contributed by atoms with Crippen molar-refractivity contribution in [3.05, 3.63) is 48.0 Å². The second-order valence-corrected chi connectivity index (χ2v) is 5.43. The zero-order valence-electron chi connectivity index (χ0n) is 12.4. The van der Waals surface area contributed by atoms with Crippen LogP contribution in [0.15, 0.2) is 36.9 Å². The number of hydrogen-bond acceptors (Lipinski definition) is 4. The van der Waals surface area contributed by atoms with E-state index in [2.05, 4.69) is 10.3 Å². The predicted molar refractivity (Wildman–Crippen MR) is 83.7 cm³/mol. The minimum absolute atomic E-state index is 0.0647. The summed E-state index contributed by atoms with van der Waals surface area (Å²) >= 11 is 0. The Morgan fingerprint density at radius 1 is 1.48 bits per heavy atom. The maximum atomic E-state index is 12.0. The Hall–Kier alpha value is -2.77. The number of aromatic nitrogens is 2. The van der Waals surface area contributed by atoms with Crippen LogP contribution in [0.25, 0.3) is 0 Å². The van der Waals surface area contributed by atoms with E-state index in [0.717, 1.165) is 5.56 Å². The monoisotopic (exact) mass is 313 g/mol. The SMILES string of the molecule is O=C(CCn1ccnc1)NC1BOc2c(cccc2C(=O)O)C1. The average molecular weight is 313 g/mol. The fraction of sp³-hybridized carbons (Fsp3) is 0.267. The van der Waals surface area contributed by atoms with E-state index in [-0.39, 0.29) is 24.9 Å². The standard InChI is InChI=1S/C15H16BN3O4/c20-13(4-6-19-7-5-17-9-19)18-12-8-10-2-1-3-11(15(21)22)14(10)23-16-12/h1-3,5,7,9,12,16H,4,6,8H2,(H,18,20)(H,21,22). The topological polar surface area (TPSA) is 93.5 Å². The van der Waals surface area contributed by atoms with Gasteiger partial charge in [0.05, 0.1) is 11.9 Å². The number of carbonyl (C=O) groups excluding carboxylic acids is 1. The van der Waals surface area contributed by atoms with Gasteiger partial charge in [0.1, 0.15) is 5.75 Å². The van der Waals surface area contributed by atoms with Crippen LogP contribution in [-0.4, -0.2) is 40.0 Å². The number of amides is 1. The average Bonchev–Trinajstić information content (AvgIpc) is 3.05. The van der Waals surface area contributed by atoms with Crippen LogP contribution in [0.1, 0.15) is 22.3 Å². The van der Waals surface area contributed by atoms with Crippen molar-refractivity contribution in [2.24, 2.45) is 0 Å². The van der Waals surface area contributed by atoms with E-state index in [1.54, 1.807) is 24.8 Å². The van der Waals surface area contributed by atoms with Gasteiger partial charge in [-0.15, -0.1) is 0 Å². The van der Waals surface area contributed by atoms with Crippen molar-refractivity contribution in [3.63, 3.8) is 0 Å². The normalized spacial score (nSPS) is 15.9. The van der Waals surface area contributed by atoms with Crippen LogP contribution >= 0.6 is 0 Å². The van der Waals surface area contributed by atoms with Crippen molar-refractivity contribution in [2.45, 2.75) is 25.3 Å². The molecule has 0 radical (unpaired) electrons. The third kappa shape index (κ3) is 3.53. The molecule has 2 aromatic rings. The molecule has 3 rings (SSSR count). The number of imidazole rings is 1. The zero-order chi connectivity index (χ0) is 16.2. The summed E-state index contributed by atoms with van der Waals surface area (Å²) in [5, 5.41) is 12.1. The molecule has 1 aromatic carbocycles. The second-order valence-electron chi connectivity index (χ2n) is 5.43. The molecular formula is C15H16BN3O4. The van der Waals surface area contributed by atoms with Gasteiger partial charge in [-0.05, 0) is 18.1 Å². The number of para-hydroxylation sites is 1. The van der Waals surface area contributed by atoms with Crippen molar-refractivity contribution in [3.8, 4) is 5.75 Å². The van der Waals surface area contributed by atoms with E-state index < -0.39 is 5.97 Å². The first-order chi connectivity index (χ1) is 11.1. The van der Waals surface area contributed by atoms with Gasteiger partial charge in [0, 0.05) is 31.3 Å². The van der Waals surface area contributed by atoms with Crippen LogP contribution in [0.4, 0.5) is 0 Å². The summed E-state index contributed by atoms with van der Waals surface area (Å²) in [6.45, 7) is 0.569. The molecule has 2 N–H and O–H groups in total. The Bertz CT molecular complexity index is 718. The van der Waals surface area contributed by atoms with Gasteiger partial charge in [0.2, 0.25) is 5.91 Å². The number of aromatic carboxylic acids is 1. The number of nitrogens with zero attached hydrogens (tertiary/aromatic N) is 2. The van der Waals surface area contributed by atoms with Crippen LogP contribution in [0.5, 0.6) is 5.75 Å². The molecule has 0 fully saturated rings. The number of nitrogens with one attached hydrogen (secondary N) is 1. The van der Waals surface area contributed by atoms with Crippen molar-refractivity contribution >= 4 is 19.4 Å². The van der Waals surface area contributed by atoms with Gasteiger partial charge < -0.3 is 19.6 Å². The van der Waals surface area contributed by atoms with E-state index in [1.807, 2.05) is 10.6 Å². The third-order valence-corrected chi connectivity index (χ3v) is 3.74. The Kier molecular flexibility index (Phi) is 4.32. The summed E-state index contributed by atoms with van der Waals surface area (Å²) in [6, 6.07) is 5.03. The summed E-state index contributed by atoms with van der Waals surface area (Å²) in [5.74, 6) is -0.819. The maximum absolute atomic E-state index is 12.0. The van der Waals surface area contributed by atoms with E-state index in [9.17, 15) is 9.59 Å². The molecule has 118 valence electrons. The van der Waals surface area contributed by atoms with E-state index in [4.69, 9.17) is 9.76 Å². The molecule has 23 heavy (non-hydrogen) atoms. The predicted octanol–water partition coefficient (Wildman–Crippen LogP) is 0.400. The molecule has 1 aliphatic rings. The molecule has 0 saturated heterocycles. The van der Waals surface area contributed by atoms with Crippen LogP contribution in [0, 0.1) is 0 Å². The van der Waals surface area contributed by atoms with Gasteiger partial charge in [0.15, 0.2) is 0 Å². The highest BCUT2D eigenvalue weighted by molar-refractivity contribution is 6.32. The molecule has 1 unspecified atom stereocenters. The number of carboxylic acid groups (broad SMARTS) is 1. The minimum Gasteiger partial charge on any atom is -0.561 e. The van der Waals surface area contributed by atoms with Crippen LogP contribution in [-0.2, 0) is 17.8 Å². The molecule has 7 nitrogen and oxygen atoms in total. The maximum Gasteiger partial charge on any atom is 0.363 e.